The fraction of sp³-hybridized carbons (Fsp3) is 0.312. The van der Waals surface area contributed by atoms with Gasteiger partial charge in [0, 0.05) is 0 Å². The van der Waals surface area contributed by atoms with Crippen molar-refractivity contribution in [3.63, 3.8) is 0 Å². The van der Waals surface area contributed by atoms with E-state index < -0.39 is 12.0 Å². The van der Waals surface area contributed by atoms with Gasteiger partial charge in [-0.2, -0.15) is 0 Å². The number of hydrogen-bond acceptors (Lipinski definition) is 4. The third-order valence-corrected chi connectivity index (χ3v) is 4.65. The molecule has 1 saturated heterocycles. The molecule has 1 N–H and O–H groups in total. The van der Waals surface area contributed by atoms with E-state index in [2.05, 4.69) is 0 Å². The number of aliphatic carboxylic acids is 1. The van der Waals surface area contributed by atoms with Crippen molar-refractivity contribution >= 4 is 46.3 Å². The second kappa shape index (κ2) is 7.07. The molecule has 1 aliphatic heterocycles. The zero-order valence-electron chi connectivity index (χ0n) is 12.4. The summed E-state index contributed by atoms with van der Waals surface area (Å²) < 4.78 is 0.310. The number of carbonyl (C=O) groups is 2. The minimum atomic E-state index is -1.02. The van der Waals surface area contributed by atoms with Crippen LogP contribution >= 0.6 is 24.0 Å². The number of carbonyl (C=O) groups excluding carboxylic acids is 1. The summed E-state index contributed by atoms with van der Waals surface area (Å²) in [6.07, 6.45) is 2.82. The SMILES string of the molecule is CCCC(C(=O)O)N1C(=O)C(=Cc2cccc(C)c2)SC1=S. The molecule has 1 amide bonds. The van der Waals surface area contributed by atoms with Crippen LogP contribution in [0.25, 0.3) is 6.08 Å². The lowest BCUT2D eigenvalue weighted by Crippen LogP contribution is -2.43. The van der Waals surface area contributed by atoms with Crippen LogP contribution in [0.4, 0.5) is 0 Å². The van der Waals surface area contributed by atoms with Crippen LogP contribution in [-0.2, 0) is 9.59 Å². The normalized spacial score (nSPS) is 18.1. The molecule has 116 valence electrons. The number of thiocarbonyl (C=S) groups is 1. The second-order valence-corrected chi connectivity index (χ2v) is 6.78. The number of hydrogen-bond donors (Lipinski definition) is 1. The van der Waals surface area contributed by atoms with Crippen LogP contribution in [0, 0.1) is 6.92 Å². The first-order valence-electron chi connectivity index (χ1n) is 7.00. The van der Waals surface area contributed by atoms with Crippen molar-refractivity contribution in [2.24, 2.45) is 0 Å². The molecule has 1 aromatic carbocycles. The molecule has 1 atom stereocenters. The van der Waals surface area contributed by atoms with Crippen LogP contribution in [0.5, 0.6) is 0 Å². The summed E-state index contributed by atoms with van der Waals surface area (Å²) in [5.74, 6) is -1.34. The maximum Gasteiger partial charge on any atom is 0.326 e. The third-order valence-electron chi connectivity index (χ3n) is 3.32. The molecule has 2 rings (SSSR count). The number of amides is 1. The first-order valence-corrected chi connectivity index (χ1v) is 8.23. The molecule has 0 spiro atoms. The molecule has 0 saturated carbocycles. The summed E-state index contributed by atoms with van der Waals surface area (Å²) in [6, 6.07) is 6.87. The van der Waals surface area contributed by atoms with E-state index in [0.717, 1.165) is 22.9 Å². The van der Waals surface area contributed by atoms with Crippen LogP contribution in [0.3, 0.4) is 0 Å². The highest BCUT2D eigenvalue weighted by atomic mass is 32.2. The monoisotopic (exact) mass is 335 g/mol. The van der Waals surface area contributed by atoms with Gasteiger partial charge in [0.05, 0.1) is 4.91 Å². The highest BCUT2D eigenvalue weighted by molar-refractivity contribution is 8.26. The Morgan fingerprint density at radius 1 is 1.50 bits per heavy atom. The number of aryl methyl sites for hydroxylation is 1. The number of rotatable bonds is 5. The Kier molecular flexibility index (Phi) is 5.37. The Morgan fingerprint density at radius 2 is 2.23 bits per heavy atom. The first kappa shape index (κ1) is 16.7. The summed E-state index contributed by atoms with van der Waals surface area (Å²) in [6.45, 7) is 3.86. The molecule has 4 nitrogen and oxygen atoms in total. The Hall–Kier alpha value is -1.66. The zero-order chi connectivity index (χ0) is 16.3. The summed E-state index contributed by atoms with van der Waals surface area (Å²) in [5.41, 5.74) is 2.00. The molecule has 22 heavy (non-hydrogen) atoms. The molecule has 1 fully saturated rings. The highest BCUT2D eigenvalue weighted by Crippen LogP contribution is 2.34. The average molecular weight is 335 g/mol. The predicted octanol–water partition coefficient (Wildman–Crippen LogP) is 3.45. The van der Waals surface area contributed by atoms with Crippen LogP contribution < -0.4 is 0 Å². The molecule has 1 heterocycles. The Morgan fingerprint density at radius 3 is 2.82 bits per heavy atom. The fourth-order valence-corrected chi connectivity index (χ4v) is 3.65. The quantitative estimate of drug-likeness (QED) is 0.660. The molecule has 1 aliphatic rings. The van der Waals surface area contributed by atoms with Crippen LogP contribution in [0.15, 0.2) is 29.2 Å². The minimum absolute atomic E-state index is 0.310. The largest absolute Gasteiger partial charge is 0.480 e. The summed E-state index contributed by atoms with van der Waals surface area (Å²) in [4.78, 5) is 25.6. The van der Waals surface area contributed by atoms with Gasteiger partial charge in [0.2, 0.25) is 0 Å². The van der Waals surface area contributed by atoms with Gasteiger partial charge in [-0.25, -0.2) is 4.79 Å². The summed E-state index contributed by atoms with van der Waals surface area (Å²) in [7, 11) is 0. The fourth-order valence-electron chi connectivity index (χ4n) is 2.30. The lowest BCUT2D eigenvalue weighted by atomic mass is 10.1. The van der Waals surface area contributed by atoms with Crippen molar-refractivity contribution in [1.29, 1.82) is 0 Å². The smallest absolute Gasteiger partial charge is 0.326 e. The molecule has 0 radical (unpaired) electrons. The van der Waals surface area contributed by atoms with E-state index in [1.165, 1.54) is 4.90 Å². The van der Waals surface area contributed by atoms with E-state index in [0.29, 0.717) is 22.1 Å². The molecule has 0 aromatic heterocycles. The Balaban J connectivity index is 2.30. The number of carboxylic acids is 1. The van der Waals surface area contributed by atoms with E-state index in [1.807, 2.05) is 38.1 Å². The van der Waals surface area contributed by atoms with Gasteiger partial charge in [-0.05, 0) is 25.0 Å². The van der Waals surface area contributed by atoms with Gasteiger partial charge in [-0.1, -0.05) is 67.2 Å². The topological polar surface area (TPSA) is 57.6 Å². The number of benzene rings is 1. The van der Waals surface area contributed by atoms with Crippen molar-refractivity contribution in [2.45, 2.75) is 32.7 Å². The molecule has 0 bridgehead atoms. The highest BCUT2D eigenvalue weighted by Gasteiger charge is 2.39. The van der Waals surface area contributed by atoms with Crippen molar-refractivity contribution in [1.82, 2.24) is 4.90 Å². The van der Waals surface area contributed by atoms with Gasteiger partial charge in [0.1, 0.15) is 10.4 Å². The van der Waals surface area contributed by atoms with Crippen LogP contribution in [-0.4, -0.2) is 32.2 Å². The Labute approximate surface area is 139 Å². The number of nitrogens with zero attached hydrogens (tertiary/aromatic N) is 1. The average Bonchev–Trinajstić information content (AvgIpc) is 2.71. The predicted molar refractivity (Wildman–Crippen MR) is 92.5 cm³/mol. The van der Waals surface area contributed by atoms with E-state index in [1.54, 1.807) is 6.08 Å². The third kappa shape index (κ3) is 3.56. The van der Waals surface area contributed by atoms with Gasteiger partial charge < -0.3 is 5.11 Å². The van der Waals surface area contributed by atoms with Gasteiger partial charge in [-0.15, -0.1) is 0 Å². The maximum atomic E-state index is 12.5. The van der Waals surface area contributed by atoms with Crippen LogP contribution in [0.2, 0.25) is 0 Å². The molecule has 1 aromatic rings. The molecule has 6 heteroatoms. The van der Waals surface area contributed by atoms with E-state index in [9.17, 15) is 14.7 Å². The summed E-state index contributed by atoms with van der Waals surface area (Å²) in [5, 5.41) is 9.33. The van der Waals surface area contributed by atoms with Crippen LogP contribution in [0.1, 0.15) is 30.9 Å². The van der Waals surface area contributed by atoms with Crippen molar-refractivity contribution in [3.05, 3.63) is 40.3 Å². The molecular formula is C16H17NO3S2. The van der Waals surface area contributed by atoms with Crippen molar-refractivity contribution < 1.29 is 14.7 Å². The van der Waals surface area contributed by atoms with E-state index in [-0.39, 0.29) is 5.91 Å². The maximum absolute atomic E-state index is 12.5. The van der Waals surface area contributed by atoms with E-state index >= 15 is 0 Å². The minimum Gasteiger partial charge on any atom is -0.480 e. The van der Waals surface area contributed by atoms with Gasteiger partial charge in [0.15, 0.2) is 0 Å². The standard InChI is InChI=1S/C16H17NO3S2/c1-3-5-12(15(19)20)17-14(18)13(22-16(17)21)9-11-7-4-6-10(2)8-11/h4,6-9,12H,3,5H2,1-2H3,(H,19,20). The van der Waals surface area contributed by atoms with Gasteiger partial charge >= 0.3 is 5.97 Å². The first-order chi connectivity index (χ1) is 10.4. The second-order valence-electron chi connectivity index (χ2n) is 5.11. The summed E-state index contributed by atoms with van der Waals surface area (Å²) >= 11 is 6.37. The lowest BCUT2D eigenvalue weighted by Gasteiger charge is -2.22. The van der Waals surface area contributed by atoms with Crippen molar-refractivity contribution in [3.8, 4) is 0 Å². The molecule has 1 unspecified atom stereocenters. The lowest BCUT2D eigenvalue weighted by molar-refractivity contribution is -0.145. The van der Waals surface area contributed by atoms with E-state index in [4.69, 9.17) is 12.2 Å². The molecular weight excluding hydrogens is 318 g/mol. The zero-order valence-corrected chi connectivity index (χ0v) is 14.0. The number of carboxylic acid groups (broad SMARTS) is 1. The van der Waals surface area contributed by atoms with Gasteiger partial charge in [0.25, 0.3) is 5.91 Å². The Bertz CT molecular complexity index is 655. The van der Waals surface area contributed by atoms with Gasteiger partial charge in [-0.3, -0.25) is 9.69 Å². The number of thioether (sulfide) groups is 1. The van der Waals surface area contributed by atoms with Crippen molar-refractivity contribution in [2.75, 3.05) is 0 Å². The molecule has 0 aliphatic carbocycles.